The van der Waals surface area contributed by atoms with Crippen LogP contribution in [0.1, 0.15) is 53.0 Å². The second-order valence-electron chi connectivity index (χ2n) is 6.59. The smallest absolute Gasteiger partial charge is 0.275 e. The number of rotatable bonds is 4. The number of carbonyl (C=O) groups excluding carboxylic acids is 1. The van der Waals surface area contributed by atoms with Crippen LogP contribution in [0.5, 0.6) is 0 Å². The molecule has 7 heteroatoms. The van der Waals surface area contributed by atoms with Gasteiger partial charge in [-0.2, -0.15) is 5.10 Å². The Morgan fingerprint density at radius 3 is 3.00 bits per heavy atom. The molecule has 1 aromatic carbocycles. The first-order chi connectivity index (χ1) is 13.2. The molecule has 0 bridgehead atoms. The van der Waals surface area contributed by atoms with E-state index in [0.717, 1.165) is 24.8 Å². The molecule has 0 N–H and O–H groups in total. The van der Waals surface area contributed by atoms with Gasteiger partial charge < -0.3 is 9.32 Å². The van der Waals surface area contributed by atoms with Crippen molar-refractivity contribution in [3.05, 3.63) is 77.5 Å². The molecule has 1 amide bonds. The number of amides is 1. The summed E-state index contributed by atoms with van der Waals surface area (Å²) in [5.41, 5.74) is 1.13. The first-order valence-corrected chi connectivity index (χ1v) is 8.98. The van der Waals surface area contributed by atoms with Crippen molar-refractivity contribution in [2.45, 2.75) is 31.7 Å². The van der Waals surface area contributed by atoms with Crippen molar-refractivity contribution in [3.63, 3.8) is 0 Å². The standard InChI is InChI=1S/C20H19FN4O2/c21-15-6-3-5-14(11-15)12-16-13-22-19(27-16)18-8-1-2-10-25(18)20(26)17-7-4-9-23-24-17/h3-7,9,11,13,18H,1-2,8,10,12H2/t18-/m1/s1. The third-order valence-electron chi connectivity index (χ3n) is 4.68. The van der Waals surface area contributed by atoms with Gasteiger partial charge in [0.25, 0.3) is 5.91 Å². The van der Waals surface area contributed by atoms with Gasteiger partial charge in [0.2, 0.25) is 5.89 Å². The van der Waals surface area contributed by atoms with E-state index < -0.39 is 0 Å². The van der Waals surface area contributed by atoms with Crippen LogP contribution in [0.2, 0.25) is 0 Å². The SMILES string of the molecule is O=C(c1cccnn1)N1CCCC[C@@H]1c1ncc(Cc2cccc(F)c2)o1. The zero-order chi connectivity index (χ0) is 18.6. The molecule has 0 spiro atoms. The van der Waals surface area contributed by atoms with E-state index in [-0.39, 0.29) is 17.8 Å². The third kappa shape index (κ3) is 3.86. The van der Waals surface area contributed by atoms with E-state index in [1.165, 1.54) is 18.3 Å². The van der Waals surface area contributed by atoms with Crippen LogP contribution in [0, 0.1) is 5.82 Å². The Hall–Kier alpha value is -3.09. The zero-order valence-corrected chi connectivity index (χ0v) is 14.7. The Morgan fingerprint density at radius 1 is 1.26 bits per heavy atom. The van der Waals surface area contributed by atoms with Gasteiger partial charge in [-0.05, 0) is 49.1 Å². The minimum absolute atomic E-state index is 0.169. The summed E-state index contributed by atoms with van der Waals surface area (Å²) in [5, 5.41) is 7.71. The van der Waals surface area contributed by atoms with E-state index in [1.807, 2.05) is 6.07 Å². The summed E-state index contributed by atoms with van der Waals surface area (Å²) >= 11 is 0. The predicted octanol–water partition coefficient (Wildman–Crippen LogP) is 3.56. The maximum absolute atomic E-state index is 13.4. The van der Waals surface area contributed by atoms with Crippen molar-refractivity contribution in [3.8, 4) is 0 Å². The highest BCUT2D eigenvalue weighted by molar-refractivity contribution is 5.92. The van der Waals surface area contributed by atoms with Crippen molar-refractivity contribution in [2.24, 2.45) is 0 Å². The highest BCUT2D eigenvalue weighted by Gasteiger charge is 2.32. The number of halogens is 1. The number of benzene rings is 1. The number of nitrogens with zero attached hydrogens (tertiary/aromatic N) is 4. The van der Waals surface area contributed by atoms with Crippen LogP contribution in [0.15, 0.2) is 53.2 Å². The topological polar surface area (TPSA) is 72.1 Å². The molecule has 0 radical (unpaired) electrons. The number of hydrogen-bond donors (Lipinski definition) is 0. The third-order valence-corrected chi connectivity index (χ3v) is 4.68. The number of carbonyl (C=O) groups is 1. The molecule has 1 atom stereocenters. The van der Waals surface area contributed by atoms with E-state index in [1.54, 1.807) is 29.3 Å². The molecule has 1 fully saturated rings. The zero-order valence-electron chi connectivity index (χ0n) is 14.7. The van der Waals surface area contributed by atoms with Crippen molar-refractivity contribution < 1.29 is 13.6 Å². The van der Waals surface area contributed by atoms with Gasteiger partial charge in [0.1, 0.15) is 17.6 Å². The highest BCUT2D eigenvalue weighted by Crippen LogP contribution is 2.32. The predicted molar refractivity (Wildman–Crippen MR) is 95.4 cm³/mol. The summed E-state index contributed by atoms with van der Waals surface area (Å²) in [6, 6.07) is 9.53. The van der Waals surface area contributed by atoms with E-state index in [0.29, 0.717) is 30.3 Å². The first-order valence-electron chi connectivity index (χ1n) is 8.98. The van der Waals surface area contributed by atoms with Gasteiger partial charge in [-0.1, -0.05) is 12.1 Å². The summed E-state index contributed by atoms with van der Waals surface area (Å²) < 4.78 is 19.3. The molecule has 0 aliphatic carbocycles. The van der Waals surface area contributed by atoms with Gasteiger partial charge in [0.05, 0.1) is 6.20 Å². The Morgan fingerprint density at radius 2 is 2.19 bits per heavy atom. The second-order valence-corrected chi connectivity index (χ2v) is 6.59. The number of oxazole rings is 1. The first kappa shape index (κ1) is 17.3. The molecule has 3 aromatic rings. The monoisotopic (exact) mass is 366 g/mol. The molecule has 1 saturated heterocycles. The Bertz CT molecular complexity index is 928. The molecule has 0 saturated carbocycles. The maximum Gasteiger partial charge on any atom is 0.275 e. The summed E-state index contributed by atoms with van der Waals surface area (Å²) in [5.74, 6) is 0.712. The lowest BCUT2D eigenvalue weighted by Gasteiger charge is -2.33. The fraction of sp³-hybridized carbons (Fsp3) is 0.300. The fourth-order valence-electron chi connectivity index (χ4n) is 3.40. The van der Waals surface area contributed by atoms with Gasteiger partial charge in [0.15, 0.2) is 5.69 Å². The van der Waals surface area contributed by atoms with Crippen LogP contribution >= 0.6 is 0 Å². The second kappa shape index (κ2) is 7.65. The number of likely N-dealkylation sites (tertiary alicyclic amines) is 1. The largest absolute Gasteiger partial charge is 0.443 e. The lowest BCUT2D eigenvalue weighted by Crippen LogP contribution is -2.39. The molecule has 6 nitrogen and oxygen atoms in total. The maximum atomic E-state index is 13.4. The Balaban J connectivity index is 1.54. The molecule has 27 heavy (non-hydrogen) atoms. The van der Waals surface area contributed by atoms with Gasteiger partial charge in [-0.15, -0.1) is 5.10 Å². The van der Waals surface area contributed by atoms with E-state index >= 15 is 0 Å². The fourth-order valence-corrected chi connectivity index (χ4v) is 3.40. The van der Waals surface area contributed by atoms with Crippen LogP contribution in [0.3, 0.4) is 0 Å². The van der Waals surface area contributed by atoms with Crippen LogP contribution in [0.4, 0.5) is 4.39 Å². The van der Waals surface area contributed by atoms with E-state index in [4.69, 9.17) is 4.42 Å². The van der Waals surface area contributed by atoms with Crippen molar-refractivity contribution in [1.82, 2.24) is 20.1 Å². The number of hydrogen-bond acceptors (Lipinski definition) is 5. The van der Waals surface area contributed by atoms with Crippen LogP contribution < -0.4 is 0 Å². The van der Waals surface area contributed by atoms with E-state index in [9.17, 15) is 9.18 Å². The van der Waals surface area contributed by atoms with Crippen molar-refractivity contribution in [2.75, 3.05) is 6.54 Å². The summed E-state index contributed by atoms with van der Waals surface area (Å²) in [6.07, 6.45) is 6.36. The van der Waals surface area contributed by atoms with E-state index in [2.05, 4.69) is 15.2 Å². The normalized spacial score (nSPS) is 17.1. The van der Waals surface area contributed by atoms with Gasteiger partial charge >= 0.3 is 0 Å². The minimum Gasteiger partial charge on any atom is -0.443 e. The minimum atomic E-state index is -0.278. The number of piperidine rings is 1. The average Bonchev–Trinajstić information content (AvgIpc) is 3.16. The molecular formula is C20H19FN4O2. The van der Waals surface area contributed by atoms with Crippen molar-refractivity contribution >= 4 is 5.91 Å². The average molecular weight is 366 g/mol. The lowest BCUT2D eigenvalue weighted by atomic mass is 10.0. The molecule has 2 aromatic heterocycles. The highest BCUT2D eigenvalue weighted by atomic mass is 19.1. The number of aromatic nitrogens is 3. The molecule has 0 unspecified atom stereocenters. The molecular weight excluding hydrogens is 347 g/mol. The summed E-state index contributed by atoms with van der Waals surface area (Å²) in [7, 11) is 0. The molecule has 1 aliphatic heterocycles. The lowest BCUT2D eigenvalue weighted by molar-refractivity contribution is 0.0562. The molecule has 3 heterocycles. The van der Waals surface area contributed by atoms with Crippen molar-refractivity contribution in [1.29, 1.82) is 0 Å². The molecule has 4 rings (SSSR count). The Labute approximate surface area is 156 Å². The molecule has 138 valence electrons. The summed E-state index contributed by atoms with van der Waals surface area (Å²) in [4.78, 5) is 19.0. The van der Waals surface area contributed by atoms with Crippen LogP contribution in [-0.4, -0.2) is 32.5 Å². The van der Waals surface area contributed by atoms with Crippen LogP contribution in [0.25, 0.3) is 0 Å². The van der Waals surface area contributed by atoms with Crippen LogP contribution in [-0.2, 0) is 6.42 Å². The molecule has 1 aliphatic rings. The summed E-state index contributed by atoms with van der Waals surface area (Å²) in [6.45, 7) is 0.627. The van der Waals surface area contributed by atoms with Gasteiger partial charge in [-0.25, -0.2) is 9.37 Å². The Kier molecular flexibility index (Phi) is 4.91. The quantitative estimate of drug-likeness (QED) is 0.706. The van der Waals surface area contributed by atoms with Gasteiger partial charge in [-0.3, -0.25) is 4.79 Å². The van der Waals surface area contributed by atoms with Gasteiger partial charge in [0, 0.05) is 19.2 Å².